The van der Waals surface area contributed by atoms with Gasteiger partial charge in [0.2, 0.25) is 0 Å². The van der Waals surface area contributed by atoms with E-state index in [9.17, 15) is 0 Å². The first-order chi connectivity index (χ1) is 10.6. The number of aromatic nitrogens is 3. The van der Waals surface area contributed by atoms with Crippen LogP contribution < -0.4 is 3.71 Å². The third-order valence-corrected chi connectivity index (χ3v) is 20.5. The Morgan fingerprint density at radius 1 is 0.955 bits per heavy atom. The molecule has 0 amide bonds. The summed E-state index contributed by atoms with van der Waals surface area (Å²) >= 11 is -2.37. The van der Waals surface area contributed by atoms with E-state index in [4.69, 9.17) is 0 Å². The third-order valence-electron chi connectivity index (χ3n) is 5.15. The van der Waals surface area contributed by atoms with Gasteiger partial charge in [-0.15, -0.1) is 0 Å². The number of hydrogen-bond acceptors (Lipinski definition) is 2. The van der Waals surface area contributed by atoms with Crippen LogP contribution in [-0.2, 0) is 0 Å². The zero-order valence-corrected chi connectivity index (χ0v) is 18.4. The van der Waals surface area contributed by atoms with E-state index in [1.807, 2.05) is 0 Å². The zero-order chi connectivity index (χ0) is 16.4. The van der Waals surface area contributed by atoms with Crippen molar-refractivity contribution in [2.24, 2.45) is 0 Å². The number of rotatable bonds is 12. The summed E-state index contributed by atoms with van der Waals surface area (Å²) in [4.78, 5) is 0. The normalized spacial score (nSPS) is 13.5. The number of hydrogen-bond donors (Lipinski definition) is 0. The fourth-order valence-corrected chi connectivity index (χ4v) is 19.7. The van der Waals surface area contributed by atoms with E-state index in [0.717, 1.165) is 6.42 Å². The molecule has 1 atom stereocenters. The first-order valence-electron chi connectivity index (χ1n) is 9.55. The average molecular weight is 414 g/mol. The van der Waals surface area contributed by atoms with E-state index in [2.05, 4.69) is 55.8 Å². The molecule has 0 aliphatic heterocycles. The summed E-state index contributed by atoms with van der Waals surface area (Å²) in [7, 11) is 0. The minimum absolute atomic E-state index is 0.499. The second-order valence-corrected chi connectivity index (χ2v) is 20.0. The second-order valence-electron chi connectivity index (χ2n) is 6.91. The fraction of sp³-hybridized carbons (Fsp3) is 0.889. The van der Waals surface area contributed by atoms with E-state index in [-0.39, 0.29) is 0 Å². The first kappa shape index (κ1) is 20.0. The molecule has 0 aliphatic rings. The van der Waals surface area contributed by atoms with E-state index in [1.54, 1.807) is 3.71 Å². The summed E-state index contributed by atoms with van der Waals surface area (Å²) in [6.07, 6.45) is 11.5. The molecule has 0 spiro atoms. The van der Waals surface area contributed by atoms with Gasteiger partial charge in [0.05, 0.1) is 0 Å². The molecule has 4 heteroatoms. The summed E-state index contributed by atoms with van der Waals surface area (Å²) < 4.78 is 8.41. The second kappa shape index (κ2) is 10.7. The Kier molecular flexibility index (Phi) is 9.69. The third kappa shape index (κ3) is 5.24. The van der Waals surface area contributed by atoms with Gasteiger partial charge in [-0.1, -0.05) is 0 Å². The molecule has 1 aromatic rings. The molecule has 1 unspecified atom stereocenters. The topological polar surface area (TPSA) is 30.7 Å². The molecule has 0 N–H and O–H groups in total. The van der Waals surface area contributed by atoms with Crippen molar-refractivity contribution in [3.05, 3.63) is 6.20 Å². The molecule has 1 heterocycles. The molecule has 0 aliphatic carbocycles. The van der Waals surface area contributed by atoms with Crippen LogP contribution in [0.4, 0.5) is 0 Å². The van der Waals surface area contributed by atoms with Crippen molar-refractivity contribution < 1.29 is 0 Å². The van der Waals surface area contributed by atoms with Crippen molar-refractivity contribution in [2.45, 2.75) is 98.9 Å². The molecule has 1 aromatic heterocycles. The monoisotopic (exact) mass is 415 g/mol. The van der Waals surface area contributed by atoms with Crippen LogP contribution in [0.25, 0.3) is 0 Å². The van der Waals surface area contributed by atoms with Crippen LogP contribution in [0, 0.1) is 0 Å². The summed E-state index contributed by atoms with van der Waals surface area (Å²) in [6.45, 7) is 11.6. The van der Waals surface area contributed by atoms with Gasteiger partial charge in [0, 0.05) is 0 Å². The zero-order valence-electron chi connectivity index (χ0n) is 15.6. The number of unbranched alkanes of at least 4 members (excludes halogenated alkanes) is 3. The fourth-order valence-electron chi connectivity index (χ4n) is 3.43. The van der Waals surface area contributed by atoms with Crippen molar-refractivity contribution in [2.75, 3.05) is 0 Å². The van der Waals surface area contributed by atoms with E-state index >= 15 is 0 Å². The van der Waals surface area contributed by atoms with Gasteiger partial charge in [-0.2, -0.15) is 0 Å². The maximum absolute atomic E-state index is 4.50. The Morgan fingerprint density at radius 3 is 1.86 bits per heavy atom. The molecule has 3 nitrogen and oxygen atoms in total. The Bertz CT molecular complexity index is 381. The summed E-state index contributed by atoms with van der Waals surface area (Å²) in [5.74, 6) is 0. The van der Waals surface area contributed by atoms with Gasteiger partial charge in [0.25, 0.3) is 0 Å². The van der Waals surface area contributed by atoms with Crippen molar-refractivity contribution in [3.8, 4) is 0 Å². The van der Waals surface area contributed by atoms with Crippen LogP contribution in [-0.4, -0.2) is 33.4 Å². The standard InChI is InChI=1S/C6H10N3.3C4H9.Sn/c1-3-6(2)9-5-4-7-8-9;3*1-3-4-2;/h4,6H,3H2,1-2H3;3*1,3-4H2,2H3;. The molecule has 1 rings (SSSR count). The van der Waals surface area contributed by atoms with Crippen molar-refractivity contribution >= 4 is 22.1 Å². The van der Waals surface area contributed by atoms with Crippen LogP contribution in [0.3, 0.4) is 0 Å². The Balaban J connectivity index is 3.16. The molecule has 0 fully saturated rings. The Morgan fingerprint density at radius 2 is 1.45 bits per heavy atom. The van der Waals surface area contributed by atoms with E-state index in [1.165, 1.54) is 51.8 Å². The molecule has 0 aromatic carbocycles. The predicted octanol–water partition coefficient (Wildman–Crippen LogP) is 5.31. The predicted molar refractivity (Wildman–Crippen MR) is 99.6 cm³/mol. The van der Waals surface area contributed by atoms with Crippen molar-refractivity contribution in [1.82, 2.24) is 15.0 Å². The van der Waals surface area contributed by atoms with Gasteiger partial charge in [0.15, 0.2) is 0 Å². The van der Waals surface area contributed by atoms with Gasteiger partial charge in [-0.25, -0.2) is 0 Å². The summed E-state index contributed by atoms with van der Waals surface area (Å²) in [5.41, 5.74) is 0. The molecular weight excluding hydrogens is 377 g/mol. The van der Waals surface area contributed by atoms with Crippen LogP contribution in [0.5, 0.6) is 0 Å². The quantitative estimate of drug-likeness (QED) is 0.435. The maximum atomic E-state index is 4.50. The first-order valence-corrected chi connectivity index (χ1v) is 17.0. The summed E-state index contributed by atoms with van der Waals surface area (Å²) in [6, 6.07) is 0.499. The van der Waals surface area contributed by atoms with Gasteiger partial charge in [-0.3, -0.25) is 0 Å². The van der Waals surface area contributed by atoms with Gasteiger partial charge in [-0.05, 0) is 0 Å². The van der Waals surface area contributed by atoms with Crippen LogP contribution in [0.1, 0.15) is 85.6 Å². The van der Waals surface area contributed by atoms with E-state index in [0.29, 0.717) is 6.04 Å². The Hall–Kier alpha value is -0.0613. The molecule has 0 radical (unpaired) electrons. The van der Waals surface area contributed by atoms with Crippen LogP contribution in [0.15, 0.2) is 6.20 Å². The molecule has 128 valence electrons. The number of nitrogens with zero attached hydrogens (tertiary/aromatic N) is 3. The molecule has 0 saturated heterocycles. The van der Waals surface area contributed by atoms with Crippen LogP contribution in [0.2, 0.25) is 13.3 Å². The molecule has 0 bridgehead atoms. The van der Waals surface area contributed by atoms with Crippen molar-refractivity contribution in [3.63, 3.8) is 0 Å². The average Bonchev–Trinajstić information content (AvgIpc) is 3.04. The van der Waals surface area contributed by atoms with Gasteiger partial charge in [0.1, 0.15) is 0 Å². The van der Waals surface area contributed by atoms with Gasteiger partial charge < -0.3 is 0 Å². The Labute approximate surface area is 142 Å². The molecular formula is C18H37N3Sn. The van der Waals surface area contributed by atoms with Gasteiger partial charge >= 0.3 is 142 Å². The molecule has 0 saturated carbocycles. The van der Waals surface area contributed by atoms with Crippen molar-refractivity contribution in [1.29, 1.82) is 0 Å². The van der Waals surface area contributed by atoms with Crippen LogP contribution >= 0.6 is 0 Å². The summed E-state index contributed by atoms with van der Waals surface area (Å²) in [5, 5.41) is 8.84. The molecule has 22 heavy (non-hydrogen) atoms. The van der Waals surface area contributed by atoms with E-state index < -0.39 is 18.4 Å². The minimum atomic E-state index is -2.37. The SMILES string of the molecule is CCC[CH2][Sn]([CH2]CCC)([CH2]CCC)[c]1cnnn1C(C)CC.